The van der Waals surface area contributed by atoms with Crippen molar-refractivity contribution >= 4 is 33.2 Å². The molecule has 28 heavy (non-hydrogen) atoms. The zero-order chi connectivity index (χ0) is 20.7. The summed E-state index contributed by atoms with van der Waals surface area (Å²) in [4.78, 5) is 0.0243. The van der Waals surface area contributed by atoms with Gasteiger partial charge in [0.25, 0.3) is 0 Å². The third kappa shape index (κ3) is 4.16. The molecule has 0 spiro atoms. The topological polar surface area (TPSA) is 57.6 Å². The van der Waals surface area contributed by atoms with Gasteiger partial charge in [-0.05, 0) is 48.7 Å². The van der Waals surface area contributed by atoms with Gasteiger partial charge in [0.1, 0.15) is 0 Å². The van der Waals surface area contributed by atoms with Crippen LogP contribution in [0.2, 0.25) is 10.0 Å². The third-order valence-corrected chi connectivity index (χ3v) is 7.25. The lowest BCUT2D eigenvalue weighted by molar-refractivity contribution is -0.137. The van der Waals surface area contributed by atoms with Crippen molar-refractivity contribution in [1.82, 2.24) is 4.31 Å². The first-order valence-corrected chi connectivity index (χ1v) is 10.5. The number of aliphatic hydroxyl groups is 1. The minimum Gasteiger partial charge on any atom is -0.385 e. The van der Waals surface area contributed by atoms with E-state index < -0.39 is 32.4 Å². The van der Waals surface area contributed by atoms with Crippen LogP contribution < -0.4 is 0 Å². The second-order valence-corrected chi connectivity index (χ2v) is 9.37. The summed E-state index contributed by atoms with van der Waals surface area (Å²) >= 11 is 11.5. The van der Waals surface area contributed by atoms with E-state index in [0.29, 0.717) is 0 Å². The Kier molecular flexibility index (Phi) is 5.73. The number of alkyl halides is 3. The van der Waals surface area contributed by atoms with Crippen molar-refractivity contribution in [3.05, 3.63) is 63.6 Å². The zero-order valence-electron chi connectivity index (χ0n) is 14.4. The fourth-order valence-corrected chi connectivity index (χ4v) is 5.16. The molecule has 2 aromatic carbocycles. The molecule has 0 atom stereocenters. The first kappa shape index (κ1) is 21.4. The summed E-state index contributed by atoms with van der Waals surface area (Å²) in [5.41, 5.74) is -2.55. The summed E-state index contributed by atoms with van der Waals surface area (Å²) in [6, 6.07) is 9.05. The summed E-state index contributed by atoms with van der Waals surface area (Å²) in [5, 5.41) is 10.7. The van der Waals surface area contributed by atoms with Crippen LogP contribution in [-0.4, -0.2) is 30.9 Å². The van der Waals surface area contributed by atoms with E-state index in [-0.39, 0.29) is 41.4 Å². The Morgan fingerprint density at radius 1 is 1.04 bits per heavy atom. The molecule has 0 aliphatic carbocycles. The lowest BCUT2D eigenvalue weighted by Crippen LogP contribution is -2.45. The number of piperidine rings is 1. The highest BCUT2D eigenvalue weighted by Crippen LogP contribution is 2.40. The Morgan fingerprint density at radius 3 is 2.25 bits per heavy atom. The normalized spacial score (nSPS) is 18.2. The molecule has 4 nitrogen and oxygen atoms in total. The van der Waals surface area contributed by atoms with E-state index >= 15 is 0 Å². The molecule has 3 rings (SSSR count). The Hall–Kier alpha value is -1.32. The van der Waals surface area contributed by atoms with Gasteiger partial charge in [-0.25, -0.2) is 8.42 Å². The van der Waals surface area contributed by atoms with Crippen LogP contribution in [0.15, 0.2) is 47.4 Å². The van der Waals surface area contributed by atoms with Gasteiger partial charge in [-0.3, -0.25) is 0 Å². The number of halogens is 5. The van der Waals surface area contributed by atoms with Crippen molar-refractivity contribution in [3.8, 4) is 0 Å². The highest BCUT2D eigenvalue weighted by molar-refractivity contribution is 7.89. The largest absolute Gasteiger partial charge is 0.417 e. The molecule has 0 amide bonds. The van der Waals surface area contributed by atoms with Crippen LogP contribution in [0, 0.1) is 0 Å². The highest BCUT2D eigenvalue weighted by Gasteiger charge is 2.40. The molecular weight excluding hydrogens is 438 g/mol. The van der Waals surface area contributed by atoms with Gasteiger partial charge in [0.2, 0.25) is 10.0 Å². The number of rotatable bonds is 3. The highest BCUT2D eigenvalue weighted by atomic mass is 35.5. The molecule has 1 N–H and O–H groups in total. The van der Waals surface area contributed by atoms with Crippen molar-refractivity contribution in [2.75, 3.05) is 13.1 Å². The molecule has 1 saturated heterocycles. The average molecular weight is 454 g/mol. The van der Waals surface area contributed by atoms with Crippen molar-refractivity contribution in [2.45, 2.75) is 29.5 Å². The van der Waals surface area contributed by atoms with Crippen LogP contribution in [0.1, 0.15) is 24.0 Å². The molecule has 2 aromatic rings. The minimum absolute atomic E-state index is 0.0243. The van der Waals surface area contributed by atoms with Gasteiger partial charge < -0.3 is 5.11 Å². The number of hydrogen-bond donors (Lipinski definition) is 1. The smallest absolute Gasteiger partial charge is 0.385 e. The Labute approximate surface area is 170 Å². The van der Waals surface area contributed by atoms with Gasteiger partial charge in [-0.15, -0.1) is 0 Å². The Balaban J connectivity index is 1.83. The summed E-state index contributed by atoms with van der Waals surface area (Å²) in [5.74, 6) is 0. The number of nitrogens with zero attached hydrogens (tertiary/aromatic N) is 1. The Morgan fingerprint density at radius 2 is 1.68 bits per heavy atom. The summed E-state index contributed by atoms with van der Waals surface area (Å²) in [7, 11) is -3.82. The van der Waals surface area contributed by atoms with E-state index in [1.54, 1.807) is 6.07 Å². The first-order chi connectivity index (χ1) is 12.9. The maximum Gasteiger partial charge on any atom is 0.417 e. The van der Waals surface area contributed by atoms with E-state index in [2.05, 4.69) is 0 Å². The molecule has 0 unspecified atom stereocenters. The second-order valence-electron chi connectivity index (χ2n) is 6.59. The van der Waals surface area contributed by atoms with Gasteiger partial charge in [-0.2, -0.15) is 17.5 Å². The third-order valence-electron chi connectivity index (χ3n) is 4.79. The predicted molar refractivity (Wildman–Crippen MR) is 99.8 cm³/mol. The minimum atomic E-state index is -4.65. The molecule has 0 saturated carbocycles. The van der Waals surface area contributed by atoms with Crippen molar-refractivity contribution in [1.29, 1.82) is 0 Å². The second kappa shape index (κ2) is 7.50. The SMILES string of the molecule is O=S(=O)(c1cccc(Cl)c1)N1CCC(O)(c2ccc(Cl)c(C(F)(F)F)c2)CC1. The zero-order valence-corrected chi connectivity index (χ0v) is 16.7. The van der Waals surface area contributed by atoms with E-state index in [9.17, 15) is 26.7 Å². The van der Waals surface area contributed by atoms with Crippen molar-refractivity contribution < 1.29 is 26.7 Å². The van der Waals surface area contributed by atoms with Crippen LogP contribution in [0.25, 0.3) is 0 Å². The number of benzene rings is 2. The maximum absolute atomic E-state index is 13.1. The number of sulfonamides is 1. The van der Waals surface area contributed by atoms with E-state index in [0.717, 1.165) is 12.1 Å². The van der Waals surface area contributed by atoms with Gasteiger partial charge in [0, 0.05) is 18.1 Å². The van der Waals surface area contributed by atoms with Crippen LogP contribution in [0.3, 0.4) is 0 Å². The molecule has 1 fully saturated rings. The lowest BCUT2D eigenvalue weighted by Gasteiger charge is -2.38. The van der Waals surface area contributed by atoms with Crippen LogP contribution >= 0.6 is 23.2 Å². The quantitative estimate of drug-likeness (QED) is 0.733. The summed E-state index contributed by atoms with van der Waals surface area (Å²) < 4.78 is 65.9. The van der Waals surface area contributed by atoms with Crippen LogP contribution in [0.5, 0.6) is 0 Å². The average Bonchev–Trinajstić information content (AvgIpc) is 2.61. The van der Waals surface area contributed by atoms with E-state index in [1.165, 1.54) is 28.6 Å². The van der Waals surface area contributed by atoms with Crippen LogP contribution in [-0.2, 0) is 21.8 Å². The van der Waals surface area contributed by atoms with Crippen molar-refractivity contribution in [3.63, 3.8) is 0 Å². The first-order valence-electron chi connectivity index (χ1n) is 8.29. The molecule has 0 bridgehead atoms. The molecular formula is C18H16Cl2F3NO3S. The molecule has 1 aliphatic heterocycles. The summed E-state index contributed by atoms with van der Waals surface area (Å²) in [6.45, 7) is -0.0926. The maximum atomic E-state index is 13.1. The lowest BCUT2D eigenvalue weighted by atomic mass is 9.84. The molecule has 152 valence electrons. The fourth-order valence-electron chi connectivity index (χ4n) is 3.19. The van der Waals surface area contributed by atoms with Crippen molar-refractivity contribution in [2.24, 2.45) is 0 Å². The van der Waals surface area contributed by atoms with E-state index in [4.69, 9.17) is 23.2 Å². The standard InChI is InChI=1S/C18H16Cl2F3NO3S/c19-13-2-1-3-14(11-13)28(26,27)24-8-6-17(25,7-9-24)12-4-5-16(20)15(10-12)18(21,22)23/h1-5,10-11,25H,6-9H2. The predicted octanol–water partition coefficient (Wildman–Crippen LogP) is 4.68. The fraction of sp³-hybridized carbons (Fsp3) is 0.333. The molecule has 1 aliphatic rings. The number of hydrogen-bond acceptors (Lipinski definition) is 3. The molecule has 0 radical (unpaired) electrons. The van der Waals surface area contributed by atoms with Gasteiger partial charge in [-0.1, -0.05) is 35.3 Å². The summed E-state index contributed by atoms with van der Waals surface area (Å²) in [6.07, 6.45) is -4.75. The molecule has 0 aromatic heterocycles. The van der Waals surface area contributed by atoms with Crippen LogP contribution in [0.4, 0.5) is 13.2 Å². The van der Waals surface area contributed by atoms with Gasteiger partial charge >= 0.3 is 6.18 Å². The van der Waals surface area contributed by atoms with E-state index in [1.807, 2.05) is 0 Å². The monoisotopic (exact) mass is 453 g/mol. The molecule has 10 heteroatoms. The van der Waals surface area contributed by atoms with Gasteiger partial charge in [0.15, 0.2) is 0 Å². The van der Waals surface area contributed by atoms with Gasteiger partial charge in [0.05, 0.1) is 21.1 Å². The molecule has 1 heterocycles. The Bertz CT molecular complexity index is 988.